The summed E-state index contributed by atoms with van der Waals surface area (Å²) < 4.78 is 0. The zero-order valence-corrected chi connectivity index (χ0v) is 16.8. The molecule has 0 aromatic rings. The first-order valence-electron chi connectivity index (χ1n) is 8.54. The third-order valence-electron chi connectivity index (χ3n) is 3.93. The average Bonchev–Trinajstić information content (AvgIpc) is 2.40. The van der Waals surface area contributed by atoms with Crippen molar-refractivity contribution in [1.82, 2.24) is 4.90 Å². The summed E-state index contributed by atoms with van der Waals surface area (Å²) >= 11 is 0. The maximum atomic E-state index is 4.95. The fourth-order valence-corrected chi connectivity index (χ4v) is 6.22. The molecule has 1 aliphatic rings. The second-order valence-corrected chi connectivity index (χ2v) is 11.7. The molecule has 2 nitrogen and oxygen atoms in total. The van der Waals surface area contributed by atoms with Gasteiger partial charge in [-0.2, -0.15) is 0 Å². The van der Waals surface area contributed by atoms with Crippen LogP contribution in [0.15, 0.2) is 28.7 Å². The lowest BCUT2D eigenvalue weighted by atomic mass is 10.2. The summed E-state index contributed by atoms with van der Waals surface area (Å²) in [5, 5.41) is 0.632. The number of dihydropyridines is 1. The van der Waals surface area contributed by atoms with Gasteiger partial charge in [0.15, 0.2) is 0 Å². The Morgan fingerprint density at radius 2 is 1.64 bits per heavy atom. The molecule has 0 saturated heterocycles. The summed E-state index contributed by atoms with van der Waals surface area (Å²) in [6.07, 6.45) is 5.45. The third-order valence-corrected chi connectivity index (χ3v) is 7.38. The van der Waals surface area contributed by atoms with E-state index in [1.54, 1.807) is 0 Å². The van der Waals surface area contributed by atoms with E-state index in [2.05, 4.69) is 78.3 Å². The quantitative estimate of drug-likeness (QED) is 0.597. The monoisotopic (exact) mass is 322 g/mol. The molecule has 0 N–H and O–H groups in total. The van der Waals surface area contributed by atoms with Gasteiger partial charge in [0.25, 0.3) is 0 Å². The third kappa shape index (κ3) is 5.97. The summed E-state index contributed by atoms with van der Waals surface area (Å²) in [6, 6.07) is 0. The van der Waals surface area contributed by atoms with Gasteiger partial charge in [-0.3, -0.25) is 9.89 Å². The van der Waals surface area contributed by atoms with E-state index in [4.69, 9.17) is 4.99 Å². The van der Waals surface area contributed by atoms with Crippen molar-refractivity contribution in [3.05, 3.63) is 23.7 Å². The number of rotatable bonds is 5. The highest BCUT2D eigenvalue weighted by Gasteiger charge is 2.33. The van der Waals surface area contributed by atoms with E-state index in [1.807, 2.05) is 0 Å². The lowest BCUT2D eigenvalue weighted by Crippen LogP contribution is -2.29. The second-order valence-electron chi connectivity index (χ2n) is 8.00. The van der Waals surface area contributed by atoms with Crippen molar-refractivity contribution < 1.29 is 0 Å². The highest BCUT2D eigenvalue weighted by Crippen LogP contribution is 2.61. The maximum absolute atomic E-state index is 4.95. The summed E-state index contributed by atoms with van der Waals surface area (Å²) in [7, 11) is -0.229. The molecule has 0 bridgehead atoms. The number of hydrogen-bond donors (Lipinski definition) is 0. The molecule has 0 atom stereocenters. The van der Waals surface area contributed by atoms with Crippen LogP contribution in [-0.2, 0) is 0 Å². The minimum Gasteiger partial charge on any atom is -0.298 e. The second kappa shape index (κ2) is 7.88. The van der Waals surface area contributed by atoms with Gasteiger partial charge in [0.2, 0.25) is 0 Å². The van der Waals surface area contributed by atoms with Crippen molar-refractivity contribution >= 4 is 13.6 Å². The van der Waals surface area contributed by atoms with E-state index in [0.29, 0.717) is 10.3 Å². The zero-order valence-electron chi connectivity index (χ0n) is 15.9. The van der Waals surface area contributed by atoms with Crippen LogP contribution in [0, 0.1) is 0 Å². The van der Waals surface area contributed by atoms with E-state index in [0.717, 1.165) is 26.1 Å². The molecule has 1 heterocycles. The molecule has 0 aromatic carbocycles. The van der Waals surface area contributed by atoms with Gasteiger partial charge in [0.1, 0.15) is 0 Å². The molecule has 3 heteroatoms. The average molecular weight is 322 g/mol. The Labute approximate surface area is 139 Å². The molecule has 0 fully saturated rings. The van der Waals surface area contributed by atoms with E-state index < -0.39 is 0 Å². The minimum atomic E-state index is -0.229. The van der Waals surface area contributed by atoms with Crippen LogP contribution in [-0.4, -0.2) is 40.6 Å². The Balaban J connectivity index is 2.99. The summed E-state index contributed by atoms with van der Waals surface area (Å²) in [6.45, 7) is 21.7. The van der Waals surface area contributed by atoms with Crippen molar-refractivity contribution in [2.45, 2.75) is 72.1 Å². The minimum absolute atomic E-state index is 0.229. The summed E-state index contributed by atoms with van der Waals surface area (Å²) in [5.74, 6) is 2.49. The van der Waals surface area contributed by atoms with Gasteiger partial charge < -0.3 is 0 Å². The molecule has 1 aliphatic heterocycles. The number of hydrogen-bond acceptors (Lipinski definition) is 2. The Hall–Kier alpha value is -0.460. The molecule has 22 heavy (non-hydrogen) atoms. The van der Waals surface area contributed by atoms with E-state index in [1.165, 1.54) is 11.4 Å². The van der Waals surface area contributed by atoms with Crippen LogP contribution in [0.25, 0.3) is 0 Å². The van der Waals surface area contributed by atoms with Gasteiger partial charge in [0.05, 0.1) is 5.71 Å². The predicted octanol–water partition coefficient (Wildman–Crippen LogP) is 5.65. The summed E-state index contributed by atoms with van der Waals surface area (Å²) in [4.78, 5) is 7.37. The van der Waals surface area contributed by atoms with Crippen molar-refractivity contribution in [1.29, 1.82) is 0 Å². The smallest absolute Gasteiger partial charge is 0.0544 e. The largest absolute Gasteiger partial charge is 0.298 e. The first-order valence-corrected chi connectivity index (χ1v) is 9.95. The van der Waals surface area contributed by atoms with Crippen molar-refractivity contribution in [3.63, 3.8) is 0 Å². The standard InChI is InChI=1S/C19H35N2P/c1-9-21(10-2)14-16-12-11-13-17(20-16)15-22(18(3,4)5)19(6,7)8/h11-12,15H,9-10,13-14H2,1-8H3/b17-15-. The molecule has 0 radical (unpaired) electrons. The fraction of sp³-hybridized carbons (Fsp3) is 0.737. The Morgan fingerprint density at radius 1 is 1.09 bits per heavy atom. The lowest BCUT2D eigenvalue weighted by Gasteiger charge is -2.39. The molecule has 0 amide bonds. The highest BCUT2D eigenvalue weighted by molar-refractivity contribution is 7.64. The molecule has 126 valence electrons. The van der Waals surface area contributed by atoms with Crippen LogP contribution in [0.1, 0.15) is 61.8 Å². The van der Waals surface area contributed by atoms with Crippen molar-refractivity contribution in [2.75, 3.05) is 19.6 Å². The van der Waals surface area contributed by atoms with Gasteiger partial charge in [-0.15, -0.1) is 0 Å². The van der Waals surface area contributed by atoms with Crippen LogP contribution in [0.3, 0.4) is 0 Å². The first kappa shape index (κ1) is 19.6. The molecular formula is C19H35N2P. The van der Waals surface area contributed by atoms with Gasteiger partial charge in [-0.25, -0.2) is 0 Å². The van der Waals surface area contributed by atoms with E-state index in [-0.39, 0.29) is 7.92 Å². The number of aliphatic imine (C=N–C) groups is 1. The molecular weight excluding hydrogens is 287 g/mol. The summed E-state index contributed by atoms with van der Waals surface area (Å²) in [5.41, 5.74) is 2.47. The Bertz CT molecular complexity index is 429. The topological polar surface area (TPSA) is 15.6 Å². The van der Waals surface area contributed by atoms with Crippen LogP contribution in [0.2, 0.25) is 0 Å². The number of nitrogens with zero attached hydrogens (tertiary/aromatic N) is 2. The first-order chi connectivity index (χ1) is 10.1. The maximum Gasteiger partial charge on any atom is 0.0544 e. The Kier molecular flexibility index (Phi) is 7.02. The van der Waals surface area contributed by atoms with Gasteiger partial charge in [-0.05, 0) is 35.3 Å². The zero-order chi connectivity index (χ0) is 17.0. The van der Waals surface area contributed by atoms with E-state index in [9.17, 15) is 0 Å². The van der Waals surface area contributed by atoms with Crippen molar-refractivity contribution in [2.24, 2.45) is 4.99 Å². The number of allylic oxidation sites excluding steroid dienone is 1. The van der Waals surface area contributed by atoms with Gasteiger partial charge in [-0.1, -0.05) is 69.4 Å². The SMILES string of the molecule is CCN(CC)CC1=N/C(=C\P(C(C)(C)C)C(C)(C)C)CC=C1. The van der Waals surface area contributed by atoms with Crippen LogP contribution >= 0.6 is 7.92 Å². The van der Waals surface area contributed by atoms with Gasteiger partial charge in [0, 0.05) is 18.7 Å². The fourth-order valence-electron chi connectivity index (χ4n) is 2.97. The van der Waals surface area contributed by atoms with Crippen molar-refractivity contribution in [3.8, 4) is 0 Å². The predicted molar refractivity (Wildman–Crippen MR) is 103 cm³/mol. The van der Waals surface area contributed by atoms with Crippen LogP contribution in [0.4, 0.5) is 0 Å². The normalized spacial score (nSPS) is 18.5. The highest BCUT2D eigenvalue weighted by atomic mass is 31.1. The molecule has 1 rings (SSSR count). The molecule has 0 aliphatic carbocycles. The molecule has 0 spiro atoms. The van der Waals surface area contributed by atoms with Crippen LogP contribution < -0.4 is 0 Å². The van der Waals surface area contributed by atoms with Crippen LogP contribution in [0.5, 0.6) is 0 Å². The molecule has 0 saturated carbocycles. The lowest BCUT2D eigenvalue weighted by molar-refractivity contribution is 0.347. The Morgan fingerprint density at radius 3 is 2.09 bits per heavy atom. The molecule has 0 unspecified atom stereocenters. The molecule has 0 aromatic heterocycles. The van der Waals surface area contributed by atoms with Gasteiger partial charge >= 0.3 is 0 Å². The van der Waals surface area contributed by atoms with E-state index >= 15 is 0 Å².